The first-order valence-electron chi connectivity index (χ1n) is 9.98. The number of fused-ring (bicyclic) bond motifs is 1. The van der Waals surface area contributed by atoms with E-state index in [0.717, 1.165) is 10.6 Å². The number of nitrogens with zero attached hydrogens (tertiary/aromatic N) is 2. The van der Waals surface area contributed by atoms with Gasteiger partial charge in [0, 0.05) is 23.8 Å². The molecule has 0 spiro atoms. The molecule has 0 unspecified atom stereocenters. The number of hydrogen-bond donors (Lipinski definition) is 1. The minimum Gasteiger partial charge on any atom is -0.476 e. The van der Waals surface area contributed by atoms with Crippen LogP contribution in [0.3, 0.4) is 0 Å². The molecule has 178 valence electrons. The van der Waals surface area contributed by atoms with Crippen LogP contribution in [0.25, 0.3) is 0 Å². The van der Waals surface area contributed by atoms with Gasteiger partial charge in [0.15, 0.2) is 6.10 Å². The Morgan fingerprint density at radius 3 is 2.36 bits per heavy atom. The van der Waals surface area contributed by atoms with Gasteiger partial charge in [-0.05, 0) is 42.5 Å². The first-order valence-corrected chi connectivity index (χ1v) is 13.6. The molecule has 4 rings (SSSR count). The maximum Gasteiger partial charge on any atom is 0.267 e. The van der Waals surface area contributed by atoms with Crippen LogP contribution in [0, 0.1) is 0 Å². The zero-order valence-corrected chi connectivity index (χ0v) is 20.0. The van der Waals surface area contributed by atoms with E-state index in [9.17, 15) is 21.6 Å². The lowest BCUT2D eigenvalue weighted by molar-refractivity contribution is -0.122. The number of carbonyl (C=O) groups excluding carboxylic acids is 1. The Labute approximate surface area is 197 Å². The zero-order valence-electron chi connectivity index (χ0n) is 17.6. The van der Waals surface area contributed by atoms with Crippen molar-refractivity contribution < 1.29 is 31.1 Å². The highest BCUT2D eigenvalue weighted by Gasteiger charge is 2.35. The number of anilines is 2. The number of morpholine rings is 1. The number of carbonyl (C=O) groups is 1. The van der Waals surface area contributed by atoms with E-state index in [1.165, 1.54) is 46.8 Å². The lowest BCUT2D eigenvalue weighted by atomic mass is 10.2. The van der Waals surface area contributed by atoms with E-state index in [1.807, 2.05) is 0 Å². The Balaban J connectivity index is 1.50. The number of benzene rings is 2. The van der Waals surface area contributed by atoms with Gasteiger partial charge in [0.2, 0.25) is 20.0 Å². The Bertz CT molecular complexity index is 1260. The van der Waals surface area contributed by atoms with Crippen molar-refractivity contribution in [3.63, 3.8) is 0 Å². The molecule has 1 amide bonds. The van der Waals surface area contributed by atoms with Gasteiger partial charge in [-0.2, -0.15) is 4.31 Å². The van der Waals surface area contributed by atoms with Crippen LogP contribution in [-0.4, -0.2) is 72.3 Å². The van der Waals surface area contributed by atoms with E-state index in [-0.39, 0.29) is 36.0 Å². The van der Waals surface area contributed by atoms with Gasteiger partial charge in [0.05, 0.1) is 36.6 Å². The second-order valence-corrected chi connectivity index (χ2v) is 11.8. The highest BCUT2D eigenvalue weighted by Crippen LogP contribution is 2.37. The molecular formula is C20H22ClN3O7S2. The number of nitrogens with one attached hydrogen (secondary N) is 1. The fraction of sp³-hybridized carbons (Fsp3) is 0.350. The van der Waals surface area contributed by atoms with Crippen LogP contribution in [0.1, 0.15) is 0 Å². The molecule has 0 aliphatic carbocycles. The highest BCUT2D eigenvalue weighted by molar-refractivity contribution is 7.92. The Hall–Kier alpha value is -2.38. The van der Waals surface area contributed by atoms with E-state index in [2.05, 4.69) is 5.32 Å². The fourth-order valence-electron chi connectivity index (χ4n) is 3.54. The molecule has 33 heavy (non-hydrogen) atoms. The van der Waals surface area contributed by atoms with Crippen molar-refractivity contribution in [2.75, 3.05) is 48.7 Å². The van der Waals surface area contributed by atoms with Crippen molar-refractivity contribution >= 4 is 48.9 Å². The predicted octanol–water partition coefficient (Wildman–Crippen LogP) is 1.53. The topological polar surface area (TPSA) is 122 Å². The lowest BCUT2D eigenvalue weighted by Crippen LogP contribution is -2.48. The third-order valence-electron chi connectivity index (χ3n) is 5.21. The number of halogens is 1. The maximum absolute atomic E-state index is 12.8. The van der Waals surface area contributed by atoms with E-state index in [4.69, 9.17) is 21.1 Å². The summed E-state index contributed by atoms with van der Waals surface area (Å²) in [5.74, 6) is -0.365. The van der Waals surface area contributed by atoms with Crippen LogP contribution in [0.2, 0.25) is 5.02 Å². The van der Waals surface area contributed by atoms with E-state index >= 15 is 0 Å². The maximum atomic E-state index is 12.8. The Kier molecular flexibility index (Phi) is 6.56. The third-order valence-corrected chi connectivity index (χ3v) is 8.51. The summed E-state index contributed by atoms with van der Waals surface area (Å²) in [6.07, 6.45) is -0.0869. The molecule has 2 aromatic carbocycles. The number of hydrogen-bond acceptors (Lipinski definition) is 7. The smallest absolute Gasteiger partial charge is 0.267 e. The summed E-state index contributed by atoms with van der Waals surface area (Å²) >= 11 is 5.98. The average Bonchev–Trinajstić information content (AvgIpc) is 2.78. The summed E-state index contributed by atoms with van der Waals surface area (Å²) in [5.41, 5.74) is 0.601. The van der Waals surface area contributed by atoms with Crippen molar-refractivity contribution in [3.8, 4) is 5.75 Å². The number of sulfonamides is 2. The molecule has 13 heteroatoms. The van der Waals surface area contributed by atoms with E-state index in [0.29, 0.717) is 23.9 Å². The summed E-state index contributed by atoms with van der Waals surface area (Å²) in [6.45, 7) is 1.01. The molecule has 0 aromatic heterocycles. The minimum absolute atomic E-state index is 0.102. The average molecular weight is 516 g/mol. The van der Waals surface area contributed by atoms with Crippen molar-refractivity contribution in [2.45, 2.75) is 11.0 Å². The first-order chi connectivity index (χ1) is 15.6. The van der Waals surface area contributed by atoms with Crippen LogP contribution in [0.5, 0.6) is 5.75 Å². The molecule has 2 aromatic rings. The predicted molar refractivity (Wildman–Crippen MR) is 123 cm³/mol. The van der Waals surface area contributed by atoms with Gasteiger partial charge in [0.25, 0.3) is 5.91 Å². The molecule has 0 saturated carbocycles. The van der Waals surface area contributed by atoms with Crippen molar-refractivity contribution in [3.05, 3.63) is 47.5 Å². The van der Waals surface area contributed by atoms with Gasteiger partial charge in [-0.1, -0.05) is 11.6 Å². The van der Waals surface area contributed by atoms with Crippen molar-refractivity contribution in [1.29, 1.82) is 0 Å². The quantitative estimate of drug-likeness (QED) is 0.640. The summed E-state index contributed by atoms with van der Waals surface area (Å²) < 4.78 is 63.3. The summed E-state index contributed by atoms with van der Waals surface area (Å²) in [5, 5.41) is 2.98. The molecule has 1 saturated heterocycles. The number of amides is 1. The second kappa shape index (κ2) is 9.11. The van der Waals surface area contributed by atoms with Gasteiger partial charge in [-0.15, -0.1) is 0 Å². The molecule has 2 heterocycles. The molecule has 2 aliphatic heterocycles. The molecule has 0 radical (unpaired) electrons. The molecule has 0 bridgehead atoms. The molecule has 2 aliphatic rings. The Morgan fingerprint density at radius 2 is 1.73 bits per heavy atom. The largest absolute Gasteiger partial charge is 0.476 e. The van der Waals surface area contributed by atoms with Crippen LogP contribution in [-0.2, 0) is 29.6 Å². The van der Waals surface area contributed by atoms with Crippen LogP contribution >= 0.6 is 11.6 Å². The van der Waals surface area contributed by atoms with Crippen molar-refractivity contribution in [1.82, 2.24) is 4.31 Å². The first kappa shape index (κ1) is 23.8. The van der Waals surface area contributed by atoms with Crippen molar-refractivity contribution in [2.24, 2.45) is 0 Å². The second-order valence-electron chi connectivity index (χ2n) is 7.54. The molecular weight excluding hydrogens is 494 g/mol. The van der Waals surface area contributed by atoms with Crippen LogP contribution in [0.4, 0.5) is 11.4 Å². The van der Waals surface area contributed by atoms with E-state index < -0.39 is 32.1 Å². The minimum atomic E-state index is -3.69. The summed E-state index contributed by atoms with van der Waals surface area (Å²) in [6, 6.07) is 10.2. The van der Waals surface area contributed by atoms with Gasteiger partial charge < -0.3 is 14.8 Å². The van der Waals surface area contributed by atoms with E-state index in [1.54, 1.807) is 0 Å². The summed E-state index contributed by atoms with van der Waals surface area (Å²) in [7, 11) is -7.35. The number of rotatable bonds is 5. The van der Waals surface area contributed by atoms with Gasteiger partial charge >= 0.3 is 0 Å². The molecule has 1 N–H and O–H groups in total. The van der Waals surface area contributed by atoms with Gasteiger partial charge in [-0.25, -0.2) is 16.8 Å². The zero-order chi connectivity index (χ0) is 23.8. The van der Waals surface area contributed by atoms with Crippen LogP contribution in [0.15, 0.2) is 47.4 Å². The molecule has 1 atom stereocenters. The Morgan fingerprint density at radius 1 is 1.06 bits per heavy atom. The lowest BCUT2D eigenvalue weighted by Gasteiger charge is -2.34. The third kappa shape index (κ3) is 5.09. The van der Waals surface area contributed by atoms with Gasteiger partial charge in [-0.3, -0.25) is 9.10 Å². The van der Waals surface area contributed by atoms with Crippen LogP contribution < -0.4 is 14.4 Å². The molecule has 1 fully saturated rings. The molecule has 10 nitrogen and oxygen atoms in total. The highest BCUT2D eigenvalue weighted by atomic mass is 35.5. The summed E-state index contributed by atoms with van der Waals surface area (Å²) in [4.78, 5) is 12.9. The fourth-order valence-corrected chi connectivity index (χ4v) is 6.02. The normalized spacial score (nSPS) is 19.5. The SMILES string of the molecule is CS(=O)(=O)N1C[C@H](C(=O)Nc2ccc(S(=O)(=O)N3CCOCC3)cc2)Oc2ccc(Cl)cc21. The number of ether oxygens (including phenoxy) is 2. The van der Waals surface area contributed by atoms with Gasteiger partial charge in [0.1, 0.15) is 5.75 Å². The monoisotopic (exact) mass is 515 g/mol. The standard InChI is InChI=1S/C20H22ClN3O7S2/c1-32(26,27)24-13-19(31-18-7-2-14(21)12-17(18)24)20(25)22-15-3-5-16(6-4-15)33(28,29)23-8-10-30-11-9-23/h2-7,12,19H,8-11,13H2,1H3,(H,22,25)/t19-/m1/s1.